The van der Waals surface area contributed by atoms with Crippen LogP contribution in [0.5, 0.6) is 0 Å². The lowest BCUT2D eigenvalue weighted by molar-refractivity contribution is 0.0903. The molecule has 92 valence electrons. The van der Waals surface area contributed by atoms with Gasteiger partial charge < -0.3 is 11.1 Å². The van der Waals surface area contributed by atoms with Crippen LogP contribution >= 0.6 is 0 Å². The fourth-order valence-corrected chi connectivity index (χ4v) is 2.30. The van der Waals surface area contributed by atoms with Crippen molar-refractivity contribution in [2.24, 2.45) is 5.73 Å². The van der Waals surface area contributed by atoms with Gasteiger partial charge in [0.15, 0.2) is 0 Å². The minimum absolute atomic E-state index is 0.0503. The van der Waals surface area contributed by atoms with Gasteiger partial charge in [-0.2, -0.15) is 0 Å². The molecule has 1 amide bonds. The Morgan fingerprint density at radius 2 is 2.18 bits per heavy atom. The Balaban J connectivity index is 2.03. The number of nitrogens with two attached hydrogens (primary N) is 1. The third kappa shape index (κ3) is 2.82. The molecule has 0 aromatic carbocycles. The fraction of sp³-hybridized carbons (Fsp3) is 0.538. The quantitative estimate of drug-likeness (QED) is 0.833. The van der Waals surface area contributed by atoms with Gasteiger partial charge >= 0.3 is 0 Å². The van der Waals surface area contributed by atoms with E-state index in [0.29, 0.717) is 12.2 Å². The predicted octanol–water partition coefficient (Wildman–Crippen LogP) is 1.60. The van der Waals surface area contributed by atoms with Gasteiger partial charge in [0.25, 0.3) is 5.91 Å². The summed E-state index contributed by atoms with van der Waals surface area (Å²) in [5.41, 5.74) is 6.84. The van der Waals surface area contributed by atoms with Gasteiger partial charge in [-0.25, -0.2) is 0 Å². The Kier molecular flexibility index (Phi) is 3.43. The summed E-state index contributed by atoms with van der Waals surface area (Å²) in [6, 6.07) is 3.58. The van der Waals surface area contributed by atoms with E-state index < -0.39 is 0 Å². The molecule has 0 bridgehead atoms. The summed E-state index contributed by atoms with van der Waals surface area (Å²) in [7, 11) is 0. The normalized spacial score (nSPS) is 18.0. The molecule has 4 nitrogen and oxygen atoms in total. The van der Waals surface area contributed by atoms with E-state index in [0.717, 1.165) is 18.4 Å². The van der Waals surface area contributed by atoms with E-state index in [-0.39, 0.29) is 11.4 Å². The van der Waals surface area contributed by atoms with Gasteiger partial charge in [-0.05, 0) is 31.4 Å². The Morgan fingerprint density at radius 1 is 1.47 bits per heavy atom. The van der Waals surface area contributed by atoms with Gasteiger partial charge in [-0.15, -0.1) is 0 Å². The molecule has 4 heteroatoms. The van der Waals surface area contributed by atoms with Crippen molar-refractivity contribution >= 4 is 5.91 Å². The van der Waals surface area contributed by atoms with Crippen LogP contribution in [0.1, 0.15) is 48.7 Å². The molecule has 0 radical (unpaired) electrons. The number of nitrogens with zero attached hydrogens (tertiary/aromatic N) is 1. The van der Waals surface area contributed by atoms with Crippen molar-refractivity contribution in [3.63, 3.8) is 0 Å². The maximum atomic E-state index is 12.0. The van der Waals surface area contributed by atoms with Crippen LogP contribution in [0.3, 0.4) is 0 Å². The number of carbonyl (C=O) groups excluding carboxylic acids is 1. The molecule has 0 aliphatic heterocycles. The molecule has 0 saturated heterocycles. The number of rotatable bonds is 3. The third-order valence-electron chi connectivity index (χ3n) is 3.42. The molecular formula is C13H19N3O. The molecule has 0 spiro atoms. The van der Waals surface area contributed by atoms with Gasteiger partial charge in [-0.3, -0.25) is 9.78 Å². The van der Waals surface area contributed by atoms with Gasteiger partial charge in [-0.1, -0.05) is 18.9 Å². The standard InChI is InChI=1S/C13H19N3O/c1-13(6-2-3-7-13)16-12(17)11-5-4-10(8-14)9-15-11/h4-5,9H,2-3,6-8,14H2,1H3,(H,16,17). The Hall–Kier alpha value is -1.42. The lowest BCUT2D eigenvalue weighted by atomic mass is 10.0. The molecule has 3 N–H and O–H groups in total. The summed E-state index contributed by atoms with van der Waals surface area (Å²) >= 11 is 0. The number of aromatic nitrogens is 1. The lowest BCUT2D eigenvalue weighted by Gasteiger charge is -2.24. The molecule has 1 heterocycles. The van der Waals surface area contributed by atoms with Crippen LogP contribution < -0.4 is 11.1 Å². The third-order valence-corrected chi connectivity index (χ3v) is 3.42. The largest absolute Gasteiger partial charge is 0.346 e. The first-order valence-electron chi connectivity index (χ1n) is 6.10. The van der Waals surface area contributed by atoms with Crippen molar-refractivity contribution in [1.82, 2.24) is 10.3 Å². The second-order valence-electron chi connectivity index (χ2n) is 4.98. The summed E-state index contributed by atoms with van der Waals surface area (Å²) < 4.78 is 0. The first-order chi connectivity index (χ1) is 8.13. The maximum absolute atomic E-state index is 12.0. The number of carbonyl (C=O) groups is 1. The molecule has 1 aliphatic rings. The molecule has 1 fully saturated rings. The topological polar surface area (TPSA) is 68.0 Å². The summed E-state index contributed by atoms with van der Waals surface area (Å²) in [6.07, 6.45) is 6.15. The average Bonchev–Trinajstić information content (AvgIpc) is 2.76. The minimum Gasteiger partial charge on any atom is -0.346 e. The molecule has 0 atom stereocenters. The van der Waals surface area contributed by atoms with E-state index >= 15 is 0 Å². The average molecular weight is 233 g/mol. The zero-order valence-corrected chi connectivity index (χ0v) is 10.2. The van der Waals surface area contributed by atoms with E-state index in [4.69, 9.17) is 5.73 Å². The van der Waals surface area contributed by atoms with E-state index in [1.54, 1.807) is 12.3 Å². The Bertz CT molecular complexity index is 394. The van der Waals surface area contributed by atoms with E-state index in [1.165, 1.54) is 12.8 Å². The summed E-state index contributed by atoms with van der Waals surface area (Å²) in [6.45, 7) is 2.55. The number of pyridine rings is 1. The van der Waals surface area contributed by atoms with Gasteiger partial charge in [0.1, 0.15) is 5.69 Å². The lowest BCUT2D eigenvalue weighted by Crippen LogP contribution is -2.43. The molecule has 0 unspecified atom stereocenters. The highest BCUT2D eigenvalue weighted by Gasteiger charge is 2.30. The number of amides is 1. The van der Waals surface area contributed by atoms with Crippen molar-refractivity contribution < 1.29 is 4.79 Å². The first kappa shape index (κ1) is 12.0. The molecule has 1 aromatic heterocycles. The first-order valence-corrected chi connectivity index (χ1v) is 6.10. The predicted molar refractivity (Wildman–Crippen MR) is 66.5 cm³/mol. The Labute approximate surface area is 102 Å². The molecule has 17 heavy (non-hydrogen) atoms. The van der Waals surface area contributed by atoms with Gasteiger partial charge in [0.05, 0.1) is 0 Å². The maximum Gasteiger partial charge on any atom is 0.270 e. The second kappa shape index (κ2) is 4.84. The van der Waals surface area contributed by atoms with Gasteiger partial charge in [0, 0.05) is 18.3 Å². The second-order valence-corrected chi connectivity index (χ2v) is 4.98. The molecule has 1 saturated carbocycles. The van der Waals surface area contributed by atoms with Crippen LogP contribution in [0.2, 0.25) is 0 Å². The highest BCUT2D eigenvalue weighted by molar-refractivity contribution is 5.92. The van der Waals surface area contributed by atoms with Crippen molar-refractivity contribution in [3.8, 4) is 0 Å². The SMILES string of the molecule is CC1(NC(=O)c2ccc(CN)cn2)CCCC1. The van der Waals surface area contributed by atoms with Crippen LogP contribution in [-0.2, 0) is 6.54 Å². The summed E-state index contributed by atoms with van der Waals surface area (Å²) in [4.78, 5) is 16.1. The van der Waals surface area contributed by atoms with Crippen LogP contribution in [0.15, 0.2) is 18.3 Å². The van der Waals surface area contributed by atoms with E-state index in [9.17, 15) is 4.79 Å². The fourth-order valence-electron chi connectivity index (χ4n) is 2.30. The Morgan fingerprint density at radius 3 is 2.71 bits per heavy atom. The molecular weight excluding hydrogens is 214 g/mol. The molecule has 2 rings (SSSR count). The van der Waals surface area contributed by atoms with Crippen LogP contribution in [0, 0.1) is 0 Å². The van der Waals surface area contributed by atoms with Crippen LogP contribution in [0.4, 0.5) is 0 Å². The van der Waals surface area contributed by atoms with Crippen molar-refractivity contribution in [1.29, 1.82) is 0 Å². The smallest absolute Gasteiger partial charge is 0.270 e. The van der Waals surface area contributed by atoms with Crippen molar-refractivity contribution in [2.45, 2.75) is 44.7 Å². The zero-order chi connectivity index (χ0) is 12.3. The minimum atomic E-state index is -0.0852. The summed E-state index contributed by atoms with van der Waals surface area (Å²) in [5, 5.41) is 3.08. The highest BCUT2D eigenvalue weighted by Crippen LogP contribution is 2.29. The highest BCUT2D eigenvalue weighted by atomic mass is 16.2. The molecule has 1 aromatic rings. The van der Waals surface area contributed by atoms with E-state index in [1.807, 2.05) is 6.07 Å². The van der Waals surface area contributed by atoms with Crippen LogP contribution in [0.25, 0.3) is 0 Å². The zero-order valence-electron chi connectivity index (χ0n) is 10.2. The number of hydrogen-bond donors (Lipinski definition) is 2. The molecule has 1 aliphatic carbocycles. The van der Waals surface area contributed by atoms with Crippen molar-refractivity contribution in [3.05, 3.63) is 29.6 Å². The van der Waals surface area contributed by atoms with Crippen molar-refractivity contribution in [2.75, 3.05) is 0 Å². The van der Waals surface area contributed by atoms with Crippen LogP contribution in [-0.4, -0.2) is 16.4 Å². The van der Waals surface area contributed by atoms with Gasteiger partial charge in [0.2, 0.25) is 0 Å². The summed E-state index contributed by atoms with van der Waals surface area (Å²) in [5.74, 6) is -0.0852. The number of hydrogen-bond acceptors (Lipinski definition) is 3. The monoisotopic (exact) mass is 233 g/mol. The van der Waals surface area contributed by atoms with E-state index in [2.05, 4.69) is 17.2 Å². The number of nitrogens with one attached hydrogen (secondary N) is 1.